The van der Waals surface area contributed by atoms with Crippen molar-refractivity contribution in [3.8, 4) is 11.5 Å². The van der Waals surface area contributed by atoms with Crippen molar-refractivity contribution >= 4 is 12.0 Å². The summed E-state index contributed by atoms with van der Waals surface area (Å²) in [4.78, 5) is 17.8. The number of likely N-dealkylation sites (tertiary alicyclic amines) is 1. The Labute approximate surface area is 232 Å². The van der Waals surface area contributed by atoms with Crippen LogP contribution in [-0.2, 0) is 22.8 Å². The van der Waals surface area contributed by atoms with E-state index in [-0.39, 0.29) is 34.6 Å². The average Bonchev–Trinajstić information content (AvgIpc) is 3.66. The number of likely N-dealkylation sites (N-methyl/N-ethyl adjacent to an activating group) is 1. The van der Waals surface area contributed by atoms with Gasteiger partial charge in [0.05, 0.1) is 11.6 Å². The molecule has 40 heavy (non-hydrogen) atoms. The fraction of sp³-hybridized carbons (Fsp3) is 0.531. The standard InChI is InChI=1S/C32H35F3N2O3/c1-30-13-12-23(36(2)26(39)11-8-19-4-3-5-22(16-19)32(33,34)35)29-31(30)14-15-37(18-20-6-7-20)25(30)17-21-9-10-24(38)28(40-29)27(21)31/h3-5,8-11,16,20,23,25,29,38H,6-7,12-15,17-18H2,1-2H3/b11-8+/t23?,25-,29?,30+,31+/m1/s1. The Morgan fingerprint density at radius 1 is 1.20 bits per heavy atom. The lowest BCUT2D eigenvalue weighted by atomic mass is 9.43. The molecule has 3 fully saturated rings. The van der Waals surface area contributed by atoms with Crippen molar-refractivity contribution in [2.45, 2.75) is 75.2 Å². The molecule has 0 aromatic heterocycles. The molecular weight excluding hydrogens is 517 g/mol. The summed E-state index contributed by atoms with van der Waals surface area (Å²) in [5.74, 6) is 1.26. The van der Waals surface area contributed by atoms with Crippen LogP contribution in [0.15, 0.2) is 42.5 Å². The first-order chi connectivity index (χ1) is 19.0. The van der Waals surface area contributed by atoms with Gasteiger partial charge in [-0.1, -0.05) is 25.1 Å². The van der Waals surface area contributed by atoms with Gasteiger partial charge < -0.3 is 14.7 Å². The van der Waals surface area contributed by atoms with Gasteiger partial charge in [-0.2, -0.15) is 13.2 Å². The molecule has 2 bridgehead atoms. The number of halogens is 3. The minimum atomic E-state index is -4.44. The van der Waals surface area contributed by atoms with E-state index in [1.165, 1.54) is 36.6 Å². The van der Waals surface area contributed by atoms with E-state index < -0.39 is 11.7 Å². The second-order valence-electron chi connectivity index (χ2n) is 12.8. The average molecular weight is 553 g/mol. The number of alkyl halides is 3. The number of phenols is 1. The second-order valence-corrected chi connectivity index (χ2v) is 12.8. The summed E-state index contributed by atoms with van der Waals surface area (Å²) in [5, 5.41) is 10.9. The smallest absolute Gasteiger partial charge is 0.416 e. The highest BCUT2D eigenvalue weighted by Gasteiger charge is 2.71. The summed E-state index contributed by atoms with van der Waals surface area (Å²) in [6, 6.07) is 8.95. The third-order valence-electron chi connectivity index (χ3n) is 10.8. The van der Waals surface area contributed by atoms with Crippen molar-refractivity contribution < 1.29 is 27.8 Å². The van der Waals surface area contributed by atoms with E-state index >= 15 is 0 Å². The first kappa shape index (κ1) is 25.9. The minimum Gasteiger partial charge on any atom is -0.504 e. The van der Waals surface area contributed by atoms with Crippen LogP contribution in [0.2, 0.25) is 0 Å². The van der Waals surface area contributed by atoms with Crippen LogP contribution < -0.4 is 4.74 Å². The molecule has 5 aliphatic rings. The number of hydrogen-bond acceptors (Lipinski definition) is 4. The Morgan fingerprint density at radius 3 is 2.75 bits per heavy atom. The van der Waals surface area contributed by atoms with Gasteiger partial charge in [-0.15, -0.1) is 0 Å². The molecule has 1 N–H and O–H groups in total. The molecule has 2 unspecified atom stereocenters. The first-order valence-electron chi connectivity index (χ1n) is 14.4. The molecule has 7 rings (SSSR count). The Hall–Kier alpha value is -3.00. The number of ether oxygens (including phenoxy) is 1. The van der Waals surface area contributed by atoms with Gasteiger partial charge in [-0.3, -0.25) is 9.69 Å². The Bertz CT molecular complexity index is 1400. The van der Waals surface area contributed by atoms with Gasteiger partial charge in [-0.25, -0.2) is 0 Å². The van der Waals surface area contributed by atoms with E-state index in [2.05, 4.69) is 17.9 Å². The quantitative estimate of drug-likeness (QED) is 0.477. The highest BCUT2D eigenvalue weighted by molar-refractivity contribution is 5.92. The number of amides is 1. The van der Waals surface area contributed by atoms with Crippen molar-refractivity contribution in [1.82, 2.24) is 9.80 Å². The zero-order chi connectivity index (χ0) is 28.0. The van der Waals surface area contributed by atoms with Crippen LogP contribution in [0.1, 0.15) is 61.3 Å². The number of carbonyl (C=O) groups is 1. The Balaban J connectivity index is 1.21. The predicted molar refractivity (Wildman–Crippen MR) is 145 cm³/mol. The summed E-state index contributed by atoms with van der Waals surface area (Å²) >= 11 is 0. The lowest BCUT2D eigenvalue weighted by molar-refractivity contribution is -0.150. The van der Waals surface area contributed by atoms with Crippen molar-refractivity contribution in [2.75, 3.05) is 20.1 Å². The zero-order valence-electron chi connectivity index (χ0n) is 22.9. The maximum Gasteiger partial charge on any atom is 0.416 e. The van der Waals surface area contributed by atoms with Crippen molar-refractivity contribution in [2.24, 2.45) is 11.3 Å². The maximum absolute atomic E-state index is 13.4. The van der Waals surface area contributed by atoms with E-state index in [1.807, 2.05) is 0 Å². The first-order valence-corrected chi connectivity index (χ1v) is 14.4. The predicted octanol–water partition coefficient (Wildman–Crippen LogP) is 5.79. The molecule has 8 heteroatoms. The number of aromatic hydroxyl groups is 1. The van der Waals surface area contributed by atoms with Crippen LogP contribution in [0.5, 0.6) is 11.5 Å². The van der Waals surface area contributed by atoms with Crippen molar-refractivity contribution in [3.63, 3.8) is 0 Å². The maximum atomic E-state index is 13.4. The van der Waals surface area contributed by atoms with Crippen LogP contribution in [0, 0.1) is 11.3 Å². The molecule has 2 heterocycles. The molecule has 3 aliphatic carbocycles. The SMILES string of the molecule is CN(C(=O)/C=C/c1cccc(C(F)(F)F)c1)C1CC[C@@]2(C)[C@H]3Cc4ccc(O)c5c4[C@@]2(CCN3CC2CC2)C1O5. The summed E-state index contributed by atoms with van der Waals surface area (Å²) < 4.78 is 46.2. The van der Waals surface area contributed by atoms with Crippen LogP contribution in [0.4, 0.5) is 13.2 Å². The summed E-state index contributed by atoms with van der Waals surface area (Å²) in [7, 11) is 1.76. The molecule has 1 amide bonds. The van der Waals surface area contributed by atoms with Crippen LogP contribution in [-0.4, -0.2) is 59.1 Å². The zero-order valence-corrected chi connectivity index (χ0v) is 22.9. The van der Waals surface area contributed by atoms with E-state index in [0.29, 0.717) is 17.4 Å². The number of hydrogen-bond donors (Lipinski definition) is 1. The lowest BCUT2D eigenvalue weighted by Crippen LogP contribution is -2.73. The fourth-order valence-electron chi connectivity index (χ4n) is 8.57. The highest BCUT2D eigenvalue weighted by Crippen LogP contribution is 2.69. The van der Waals surface area contributed by atoms with Gasteiger partial charge in [-0.05, 0) is 91.8 Å². The van der Waals surface area contributed by atoms with Gasteiger partial charge in [0.1, 0.15) is 6.10 Å². The second kappa shape index (κ2) is 8.75. The highest BCUT2D eigenvalue weighted by atomic mass is 19.4. The fourth-order valence-corrected chi connectivity index (χ4v) is 8.57. The van der Waals surface area contributed by atoms with Crippen LogP contribution in [0.3, 0.4) is 0 Å². The normalized spacial score (nSPS) is 32.6. The largest absolute Gasteiger partial charge is 0.504 e. The van der Waals surface area contributed by atoms with Crippen LogP contribution in [0.25, 0.3) is 6.08 Å². The number of nitrogens with zero attached hydrogens (tertiary/aromatic N) is 2. The molecule has 2 aromatic carbocycles. The van der Waals surface area contributed by atoms with Gasteiger partial charge in [0.2, 0.25) is 5.91 Å². The molecule has 5 atom stereocenters. The summed E-state index contributed by atoms with van der Waals surface area (Å²) in [6.07, 6.45) is 4.26. The van der Waals surface area contributed by atoms with Gasteiger partial charge in [0, 0.05) is 36.7 Å². The number of phenolic OH excluding ortho intramolecular Hbond substituents is 1. The number of piperidine rings is 1. The summed E-state index contributed by atoms with van der Waals surface area (Å²) in [5.41, 5.74) is 1.62. The molecule has 1 spiro atoms. The topological polar surface area (TPSA) is 53.0 Å². The molecule has 2 aromatic rings. The van der Waals surface area contributed by atoms with Gasteiger partial charge >= 0.3 is 6.18 Å². The Morgan fingerprint density at radius 2 is 2.00 bits per heavy atom. The summed E-state index contributed by atoms with van der Waals surface area (Å²) in [6.45, 7) is 4.52. The number of carbonyl (C=O) groups excluding carboxylic acids is 1. The lowest BCUT2D eigenvalue weighted by Gasteiger charge is -2.66. The molecule has 2 saturated carbocycles. The third-order valence-corrected chi connectivity index (χ3v) is 10.8. The van der Waals surface area contributed by atoms with E-state index in [4.69, 9.17) is 4.74 Å². The van der Waals surface area contributed by atoms with Crippen LogP contribution >= 0.6 is 0 Å². The molecular formula is C32H35F3N2O3. The molecule has 212 valence electrons. The molecule has 0 radical (unpaired) electrons. The Kier molecular flexibility index (Phi) is 5.67. The minimum absolute atomic E-state index is 0.0505. The third kappa shape index (κ3) is 3.67. The van der Waals surface area contributed by atoms with Gasteiger partial charge in [0.25, 0.3) is 0 Å². The monoisotopic (exact) mass is 552 g/mol. The molecule has 2 aliphatic heterocycles. The van der Waals surface area contributed by atoms with Crippen molar-refractivity contribution in [1.29, 1.82) is 0 Å². The number of benzene rings is 2. The van der Waals surface area contributed by atoms with Gasteiger partial charge in [0.15, 0.2) is 11.5 Å². The van der Waals surface area contributed by atoms with E-state index in [1.54, 1.807) is 24.1 Å². The number of rotatable bonds is 5. The van der Waals surface area contributed by atoms with Crippen molar-refractivity contribution in [3.05, 3.63) is 64.7 Å². The molecule has 5 nitrogen and oxygen atoms in total. The van der Waals surface area contributed by atoms with E-state index in [0.717, 1.165) is 62.4 Å². The van der Waals surface area contributed by atoms with E-state index in [9.17, 15) is 23.1 Å². The molecule has 1 saturated heterocycles.